The molecule has 6 nitrogen and oxygen atoms in total. The number of anilines is 1. The highest BCUT2D eigenvalue weighted by Gasteiger charge is 2.25. The summed E-state index contributed by atoms with van der Waals surface area (Å²) in [7, 11) is -2.02. The highest BCUT2D eigenvalue weighted by molar-refractivity contribution is 7.95. The molecule has 0 amide bonds. The van der Waals surface area contributed by atoms with Crippen LogP contribution in [0.4, 0.5) is 14.5 Å². The minimum atomic E-state index is -3.62. The van der Waals surface area contributed by atoms with Crippen LogP contribution in [-0.4, -0.2) is 19.5 Å². The molecule has 3 aromatic carbocycles. The van der Waals surface area contributed by atoms with E-state index < -0.39 is 21.7 Å². The highest BCUT2D eigenvalue weighted by Crippen LogP contribution is 2.40. The number of ether oxygens (including phenoxy) is 1. The van der Waals surface area contributed by atoms with Crippen molar-refractivity contribution in [3.8, 4) is 22.6 Å². The molecule has 9 heteroatoms. The van der Waals surface area contributed by atoms with Crippen molar-refractivity contribution < 1.29 is 21.9 Å². The Labute approximate surface area is 194 Å². The lowest BCUT2D eigenvalue weighted by Gasteiger charge is -2.20. The molecule has 2 heterocycles. The zero-order valence-corrected chi connectivity index (χ0v) is 18.7. The fraction of sp³-hybridized carbons (Fsp3) is 0.0800. The van der Waals surface area contributed by atoms with Gasteiger partial charge in [-0.05, 0) is 41.8 Å². The minimum Gasteiger partial charge on any atom is -0.454 e. The number of halogens is 2. The van der Waals surface area contributed by atoms with Crippen LogP contribution in [0.2, 0.25) is 0 Å². The molecule has 0 aliphatic carbocycles. The number of hydrogen-bond donors (Lipinski definition) is 0. The van der Waals surface area contributed by atoms with Crippen LogP contribution in [0.15, 0.2) is 83.1 Å². The van der Waals surface area contributed by atoms with Crippen molar-refractivity contribution >= 4 is 26.5 Å². The molecule has 0 spiro atoms. The number of hydrogen-bond acceptors (Lipinski definition) is 4. The van der Waals surface area contributed by atoms with Gasteiger partial charge in [-0.1, -0.05) is 24.3 Å². The Morgan fingerprint density at radius 1 is 0.912 bits per heavy atom. The van der Waals surface area contributed by atoms with Gasteiger partial charge in [0.05, 0.1) is 12.2 Å². The van der Waals surface area contributed by atoms with Gasteiger partial charge in [-0.15, -0.1) is 0 Å². The first-order chi connectivity index (χ1) is 16.2. The van der Waals surface area contributed by atoms with Crippen LogP contribution < -0.4 is 14.6 Å². The van der Waals surface area contributed by atoms with Crippen LogP contribution in [0, 0.1) is 11.6 Å². The molecule has 0 atom stereocenters. The molecule has 0 N–H and O–H groups in total. The van der Waals surface area contributed by atoms with E-state index in [9.17, 15) is 22.0 Å². The first-order valence-corrected chi connectivity index (χ1v) is 11.8. The van der Waals surface area contributed by atoms with Crippen molar-refractivity contribution in [3.05, 3.63) is 100 Å². The lowest BCUT2D eigenvalue weighted by atomic mass is 9.99. The summed E-state index contributed by atoms with van der Waals surface area (Å²) in [4.78, 5) is 12.7. The van der Waals surface area contributed by atoms with Crippen molar-refractivity contribution in [1.82, 2.24) is 4.57 Å². The molecule has 0 saturated carbocycles. The maximum Gasteiger partial charge on any atom is 0.258 e. The lowest BCUT2D eigenvalue weighted by molar-refractivity contribution is 0.439. The van der Waals surface area contributed by atoms with E-state index in [4.69, 9.17) is 4.74 Å². The number of aromatic nitrogens is 1. The van der Waals surface area contributed by atoms with Gasteiger partial charge in [0, 0.05) is 41.2 Å². The van der Waals surface area contributed by atoms with Crippen molar-refractivity contribution in [2.75, 3.05) is 10.8 Å². The van der Waals surface area contributed by atoms with E-state index in [1.165, 1.54) is 27.1 Å². The molecule has 0 bridgehead atoms. The van der Waals surface area contributed by atoms with Gasteiger partial charge in [0.1, 0.15) is 11.6 Å². The molecule has 34 heavy (non-hydrogen) atoms. The van der Waals surface area contributed by atoms with Crippen LogP contribution in [0.1, 0.15) is 0 Å². The summed E-state index contributed by atoms with van der Waals surface area (Å²) in [5.74, 6) is -1.61. The predicted molar refractivity (Wildman–Crippen MR) is 126 cm³/mol. The molecular formula is C25H18F2N2O4S. The summed E-state index contributed by atoms with van der Waals surface area (Å²) in [5.41, 5.74) is 1.20. The molecule has 1 aromatic heterocycles. The lowest BCUT2D eigenvalue weighted by Crippen LogP contribution is -2.24. The van der Waals surface area contributed by atoms with Crippen molar-refractivity contribution in [1.29, 1.82) is 0 Å². The van der Waals surface area contributed by atoms with E-state index in [0.717, 1.165) is 11.5 Å². The molecule has 1 aliphatic heterocycles. The van der Waals surface area contributed by atoms with Crippen LogP contribution in [0.5, 0.6) is 11.5 Å². The first kappa shape index (κ1) is 21.8. The maximum atomic E-state index is 14.4. The van der Waals surface area contributed by atoms with Crippen LogP contribution >= 0.6 is 0 Å². The summed E-state index contributed by atoms with van der Waals surface area (Å²) in [6, 6.07) is 14.7. The Morgan fingerprint density at radius 2 is 1.65 bits per heavy atom. The molecule has 0 saturated heterocycles. The topological polar surface area (TPSA) is 68.6 Å². The van der Waals surface area contributed by atoms with E-state index >= 15 is 0 Å². The van der Waals surface area contributed by atoms with E-state index in [2.05, 4.69) is 0 Å². The molecule has 4 aromatic rings. The summed E-state index contributed by atoms with van der Waals surface area (Å²) in [6.45, 7) is 0.169. The van der Waals surface area contributed by atoms with Crippen LogP contribution in [0.3, 0.4) is 0 Å². The molecule has 0 unspecified atom stereocenters. The number of aryl methyl sites for hydroxylation is 1. The van der Waals surface area contributed by atoms with Gasteiger partial charge >= 0.3 is 0 Å². The zero-order chi connectivity index (χ0) is 24.0. The third-order valence-electron chi connectivity index (χ3n) is 5.59. The average molecular weight is 480 g/mol. The maximum absolute atomic E-state index is 14.4. The Bertz CT molecular complexity index is 1650. The van der Waals surface area contributed by atoms with Crippen molar-refractivity contribution in [2.24, 2.45) is 7.05 Å². The number of benzene rings is 3. The number of nitrogens with zero attached hydrogens (tertiary/aromatic N) is 2. The van der Waals surface area contributed by atoms with Crippen molar-refractivity contribution in [2.45, 2.75) is 0 Å². The Morgan fingerprint density at radius 3 is 2.35 bits per heavy atom. The summed E-state index contributed by atoms with van der Waals surface area (Å²) >= 11 is 0. The van der Waals surface area contributed by atoms with Crippen LogP contribution in [-0.2, 0) is 17.1 Å². The summed E-state index contributed by atoms with van der Waals surface area (Å²) < 4.78 is 61.1. The Kier molecular flexibility index (Phi) is 5.21. The highest BCUT2D eigenvalue weighted by atomic mass is 32.2. The normalized spacial score (nSPS) is 14.6. The van der Waals surface area contributed by atoms with E-state index in [1.54, 1.807) is 49.6 Å². The number of fused-ring (bicyclic) bond motifs is 1. The molecular weight excluding hydrogens is 462 g/mol. The van der Waals surface area contributed by atoms with Crippen LogP contribution in [0.25, 0.3) is 21.9 Å². The fourth-order valence-corrected chi connectivity index (χ4v) is 5.15. The second kappa shape index (κ2) is 8.11. The Balaban J connectivity index is 1.75. The SMILES string of the molecule is Cn1cc(-c2cc(N3CC=CS3(=O)=O)ccc2Oc2ccc(F)cc2F)c2ccccc2c1=O. The fourth-order valence-electron chi connectivity index (χ4n) is 3.97. The number of rotatable bonds is 4. The number of pyridine rings is 1. The third kappa shape index (κ3) is 3.73. The van der Waals surface area contributed by atoms with Gasteiger partial charge in [-0.25, -0.2) is 17.2 Å². The van der Waals surface area contributed by atoms with Gasteiger partial charge in [-0.3, -0.25) is 9.10 Å². The Hall–Kier alpha value is -3.98. The smallest absolute Gasteiger partial charge is 0.258 e. The molecule has 0 fully saturated rings. The van der Waals surface area contributed by atoms with Gasteiger partial charge < -0.3 is 9.30 Å². The van der Waals surface area contributed by atoms with Gasteiger partial charge in [-0.2, -0.15) is 0 Å². The van der Waals surface area contributed by atoms with E-state index in [1.807, 2.05) is 0 Å². The minimum absolute atomic E-state index is 0.169. The second-order valence-corrected chi connectivity index (χ2v) is 9.55. The van der Waals surface area contributed by atoms with Crippen molar-refractivity contribution in [3.63, 3.8) is 0 Å². The van der Waals surface area contributed by atoms with Gasteiger partial charge in [0.15, 0.2) is 11.6 Å². The zero-order valence-electron chi connectivity index (χ0n) is 17.9. The summed E-state index contributed by atoms with van der Waals surface area (Å²) in [5, 5.41) is 2.21. The monoisotopic (exact) mass is 480 g/mol. The van der Waals surface area contributed by atoms with Gasteiger partial charge in [0.2, 0.25) is 0 Å². The quantitative estimate of drug-likeness (QED) is 0.415. The number of sulfonamides is 1. The second-order valence-electron chi connectivity index (χ2n) is 7.81. The largest absolute Gasteiger partial charge is 0.454 e. The first-order valence-electron chi connectivity index (χ1n) is 10.3. The standard InChI is InChI=1S/C25H18F2N2O4S/c1-28-15-21(18-5-2-3-6-19(18)25(28)30)20-14-17(29-11-4-12-34(29,31)32)8-10-23(20)33-24-9-7-16(26)13-22(24)27/h2-10,12-15H,11H2,1H3. The van der Waals surface area contributed by atoms with E-state index in [0.29, 0.717) is 33.7 Å². The summed E-state index contributed by atoms with van der Waals surface area (Å²) in [6.07, 6.45) is 3.16. The molecule has 1 aliphatic rings. The molecule has 0 radical (unpaired) electrons. The predicted octanol–water partition coefficient (Wildman–Crippen LogP) is 4.94. The van der Waals surface area contributed by atoms with E-state index in [-0.39, 0.29) is 23.6 Å². The molecule has 5 rings (SSSR count). The average Bonchev–Trinajstić information content (AvgIpc) is 3.17. The molecule has 172 valence electrons. The van der Waals surface area contributed by atoms with Gasteiger partial charge in [0.25, 0.3) is 15.6 Å². The third-order valence-corrected chi connectivity index (χ3v) is 7.10.